The quantitative estimate of drug-likeness (QED) is 0.697. The SMILES string of the molecule is COc1ccc(C(=O)NC2CCN(C(=O)N3CC4CC(C3)[C@H]3CCCC(=O)N3C4)CC2)c(OC)n1. The third-order valence-electron chi connectivity index (χ3n) is 8.03. The van der Waals surface area contributed by atoms with Crippen molar-refractivity contribution in [3.05, 3.63) is 17.7 Å². The molecule has 0 aliphatic carbocycles. The zero-order valence-corrected chi connectivity index (χ0v) is 20.6. The largest absolute Gasteiger partial charge is 0.481 e. The maximum atomic E-state index is 13.4. The van der Waals surface area contributed by atoms with E-state index in [0.717, 1.165) is 38.9 Å². The molecule has 0 aromatic carbocycles. The Labute approximate surface area is 205 Å². The Bertz CT molecular complexity index is 979. The average molecular weight is 486 g/mol. The first-order valence-corrected chi connectivity index (χ1v) is 12.7. The van der Waals surface area contributed by atoms with Gasteiger partial charge in [-0.3, -0.25) is 9.59 Å². The number of methoxy groups -OCH3 is 2. The van der Waals surface area contributed by atoms with E-state index in [2.05, 4.69) is 15.2 Å². The molecular formula is C25H35N5O5. The Hall–Kier alpha value is -3.04. The highest BCUT2D eigenvalue weighted by Gasteiger charge is 2.45. The summed E-state index contributed by atoms with van der Waals surface area (Å²) in [6.07, 6.45) is 5.23. The molecule has 10 nitrogen and oxygen atoms in total. The molecule has 5 heterocycles. The number of rotatable bonds is 4. The second-order valence-electron chi connectivity index (χ2n) is 10.2. The number of fused-ring (bicyclic) bond motifs is 4. The molecule has 3 atom stereocenters. The van der Waals surface area contributed by atoms with Crippen molar-refractivity contribution in [3.8, 4) is 11.8 Å². The molecule has 1 N–H and O–H groups in total. The van der Waals surface area contributed by atoms with Crippen LogP contribution in [0.4, 0.5) is 4.79 Å². The van der Waals surface area contributed by atoms with Gasteiger partial charge in [0.25, 0.3) is 5.91 Å². The molecule has 5 rings (SSSR count). The summed E-state index contributed by atoms with van der Waals surface area (Å²) in [6, 6.07) is 3.66. The summed E-state index contributed by atoms with van der Waals surface area (Å²) < 4.78 is 10.4. The van der Waals surface area contributed by atoms with Gasteiger partial charge in [0.05, 0.1) is 14.2 Å². The molecule has 1 aromatic heterocycles. The lowest BCUT2D eigenvalue weighted by Gasteiger charge is -2.53. The fraction of sp³-hybridized carbons (Fsp3) is 0.680. The summed E-state index contributed by atoms with van der Waals surface area (Å²) in [5.41, 5.74) is 0.363. The molecule has 2 unspecified atom stereocenters. The Morgan fingerprint density at radius 2 is 1.83 bits per heavy atom. The zero-order chi connectivity index (χ0) is 24.5. The van der Waals surface area contributed by atoms with Crippen LogP contribution in [0.3, 0.4) is 0 Å². The summed E-state index contributed by atoms with van der Waals surface area (Å²) in [4.78, 5) is 48.8. The van der Waals surface area contributed by atoms with Crippen molar-refractivity contribution in [2.75, 3.05) is 46.9 Å². The van der Waals surface area contributed by atoms with Crippen LogP contribution in [0.25, 0.3) is 0 Å². The fourth-order valence-electron chi connectivity index (χ4n) is 6.31. The third-order valence-corrected chi connectivity index (χ3v) is 8.03. The molecule has 2 bridgehead atoms. The standard InChI is InChI=1S/C25H35N5O5/c1-34-21-7-6-19(24(27-21)35-2)23(32)26-18-8-10-28(11-9-18)25(33)29-13-16-12-17(15-29)20-4-3-5-22(31)30(20)14-16/h6-7,16-18,20H,3-5,8-15H2,1-2H3,(H,26,32)/t16?,17?,20-/m1/s1. The summed E-state index contributed by atoms with van der Waals surface area (Å²) >= 11 is 0. The number of hydrogen-bond donors (Lipinski definition) is 1. The molecule has 0 radical (unpaired) electrons. The van der Waals surface area contributed by atoms with E-state index in [4.69, 9.17) is 9.47 Å². The predicted octanol–water partition coefficient (Wildman–Crippen LogP) is 1.75. The van der Waals surface area contributed by atoms with Gasteiger partial charge in [-0.25, -0.2) is 4.79 Å². The number of likely N-dealkylation sites (tertiary alicyclic amines) is 2. The van der Waals surface area contributed by atoms with Crippen molar-refractivity contribution in [3.63, 3.8) is 0 Å². The maximum absolute atomic E-state index is 13.4. The lowest BCUT2D eigenvalue weighted by molar-refractivity contribution is -0.144. The molecule has 1 aromatic rings. The van der Waals surface area contributed by atoms with Gasteiger partial charge in [0, 0.05) is 57.3 Å². The first-order valence-electron chi connectivity index (χ1n) is 12.7. The Morgan fingerprint density at radius 3 is 2.57 bits per heavy atom. The van der Waals surface area contributed by atoms with Crippen LogP contribution in [0.2, 0.25) is 0 Å². The first kappa shape index (κ1) is 23.7. The molecule has 35 heavy (non-hydrogen) atoms. The zero-order valence-electron chi connectivity index (χ0n) is 20.6. The second kappa shape index (κ2) is 9.91. The summed E-state index contributed by atoms with van der Waals surface area (Å²) in [7, 11) is 2.99. The van der Waals surface area contributed by atoms with E-state index >= 15 is 0 Å². The summed E-state index contributed by atoms with van der Waals surface area (Å²) in [5.74, 6) is 1.43. The highest BCUT2D eigenvalue weighted by molar-refractivity contribution is 5.96. The van der Waals surface area contributed by atoms with E-state index in [1.807, 2.05) is 9.80 Å². The van der Waals surface area contributed by atoms with Crippen molar-refractivity contribution in [1.82, 2.24) is 25.0 Å². The van der Waals surface area contributed by atoms with Crippen LogP contribution in [-0.2, 0) is 4.79 Å². The fourth-order valence-corrected chi connectivity index (χ4v) is 6.31. The van der Waals surface area contributed by atoms with Crippen LogP contribution in [0, 0.1) is 11.8 Å². The molecule has 10 heteroatoms. The number of amides is 4. The minimum atomic E-state index is -0.239. The molecule has 0 spiro atoms. The number of carbonyl (C=O) groups excluding carboxylic acids is 3. The molecule has 4 aliphatic rings. The number of nitrogens with zero attached hydrogens (tertiary/aromatic N) is 4. The van der Waals surface area contributed by atoms with Gasteiger partial charge in [-0.2, -0.15) is 4.98 Å². The van der Waals surface area contributed by atoms with E-state index in [-0.39, 0.29) is 23.9 Å². The van der Waals surface area contributed by atoms with E-state index in [9.17, 15) is 14.4 Å². The Balaban J connectivity index is 1.14. The third kappa shape index (κ3) is 4.75. The number of ether oxygens (including phenoxy) is 2. The van der Waals surface area contributed by atoms with Gasteiger partial charge in [-0.1, -0.05) is 0 Å². The average Bonchev–Trinajstić information content (AvgIpc) is 2.88. The van der Waals surface area contributed by atoms with Crippen molar-refractivity contribution in [2.24, 2.45) is 11.8 Å². The normalized spacial score (nSPS) is 26.7. The van der Waals surface area contributed by atoms with Crippen molar-refractivity contribution in [1.29, 1.82) is 0 Å². The van der Waals surface area contributed by atoms with Crippen LogP contribution in [-0.4, -0.2) is 96.6 Å². The van der Waals surface area contributed by atoms with E-state index in [1.54, 1.807) is 12.1 Å². The highest BCUT2D eigenvalue weighted by atomic mass is 16.5. The molecular weight excluding hydrogens is 450 g/mol. The smallest absolute Gasteiger partial charge is 0.320 e. The number of pyridine rings is 1. The Kier molecular flexibility index (Phi) is 6.71. The summed E-state index contributed by atoms with van der Waals surface area (Å²) in [6.45, 7) is 3.49. The van der Waals surface area contributed by atoms with Gasteiger partial charge in [0.15, 0.2) is 0 Å². The summed E-state index contributed by atoms with van der Waals surface area (Å²) in [5, 5.41) is 3.07. The van der Waals surface area contributed by atoms with Crippen molar-refractivity contribution in [2.45, 2.75) is 50.6 Å². The highest BCUT2D eigenvalue weighted by Crippen LogP contribution is 2.38. The van der Waals surface area contributed by atoms with Crippen molar-refractivity contribution >= 4 is 17.8 Å². The van der Waals surface area contributed by atoms with Gasteiger partial charge in [-0.15, -0.1) is 0 Å². The van der Waals surface area contributed by atoms with Gasteiger partial charge in [0.2, 0.25) is 17.7 Å². The first-order chi connectivity index (χ1) is 17.0. The Morgan fingerprint density at radius 1 is 1.03 bits per heavy atom. The number of piperidine rings is 4. The molecule has 190 valence electrons. The van der Waals surface area contributed by atoms with Gasteiger partial charge in [0.1, 0.15) is 5.56 Å². The van der Waals surface area contributed by atoms with Gasteiger partial charge < -0.3 is 29.5 Å². The molecule has 4 aliphatic heterocycles. The van der Waals surface area contributed by atoms with Crippen LogP contribution >= 0.6 is 0 Å². The molecule has 0 saturated carbocycles. The number of hydrogen-bond acceptors (Lipinski definition) is 6. The minimum absolute atomic E-state index is 0.0131. The van der Waals surface area contributed by atoms with Gasteiger partial charge in [-0.05, 0) is 50.0 Å². The molecule has 4 amide bonds. The van der Waals surface area contributed by atoms with Crippen LogP contribution in [0.15, 0.2) is 12.1 Å². The van der Waals surface area contributed by atoms with Crippen LogP contribution in [0.1, 0.15) is 48.9 Å². The minimum Gasteiger partial charge on any atom is -0.481 e. The van der Waals surface area contributed by atoms with Crippen LogP contribution < -0.4 is 14.8 Å². The lowest BCUT2D eigenvalue weighted by atomic mass is 9.76. The topological polar surface area (TPSA) is 104 Å². The van der Waals surface area contributed by atoms with E-state index in [1.165, 1.54) is 14.2 Å². The predicted molar refractivity (Wildman–Crippen MR) is 127 cm³/mol. The monoisotopic (exact) mass is 485 g/mol. The lowest BCUT2D eigenvalue weighted by Crippen LogP contribution is -2.62. The number of nitrogens with one attached hydrogen (secondary N) is 1. The number of urea groups is 1. The second-order valence-corrected chi connectivity index (χ2v) is 10.2. The van der Waals surface area contributed by atoms with Gasteiger partial charge >= 0.3 is 6.03 Å². The number of carbonyl (C=O) groups is 3. The number of aromatic nitrogens is 1. The maximum Gasteiger partial charge on any atom is 0.320 e. The van der Waals surface area contributed by atoms with Crippen molar-refractivity contribution < 1.29 is 23.9 Å². The van der Waals surface area contributed by atoms with E-state index in [0.29, 0.717) is 67.6 Å². The van der Waals surface area contributed by atoms with Crippen LogP contribution in [0.5, 0.6) is 11.8 Å². The molecule has 4 fully saturated rings. The molecule has 4 saturated heterocycles. The van der Waals surface area contributed by atoms with E-state index < -0.39 is 0 Å².